The number of esters is 1. The Morgan fingerprint density at radius 3 is 2.63 bits per heavy atom. The van der Waals surface area contributed by atoms with Gasteiger partial charge in [0.05, 0.1) is 0 Å². The van der Waals surface area contributed by atoms with Crippen LogP contribution < -0.4 is 4.74 Å². The smallest absolute Gasteiger partial charge is 0.363 e. The van der Waals surface area contributed by atoms with Crippen LogP contribution in [0, 0.1) is 6.92 Å². The summed E-state index contributed by atoms with van der Waals surface area (Å²) in [4.78, 5) is 20.8. The summed E-state index contributed by atoms with van der Waals surface area (Å²) in [6.07, 6.45) is 0. The van der Waals surface area contributed by atoms with Crippen molar-refractivity contribution < 1.29 is 14.1 Å². The Morgan fingerprint density at radius 2 is 1.93 bits per heavy atom. The average Bonchev–Trinajstić information content (AvgIpc) is 3.32. The first-order chi connectivity index (χ1) is 13.1. The Balaban J connectivity index is 1.48. The minimum Gasteiger partial charge on any atom is -0.422 e. The van der Waals surface area contributed by atoms with E-state index in [1.807, 2.05) is 12.1 Å². The van der Waals surface area contributed by atoms with Crippen LogP contribution in [0.25, 0.3) is 22.0 Å². The van der Waals surface area contributed by atoms with Gasteiger partial charge in [-0.05, 0) is 36.4 Å². The van der Waals surface area contributed by atoms with Gasteiger partial charge >= 0.3 is 5.97 Å². The molecule has 0 aliphatic rings. The van der Waals surface area contributed by atoms with Gasteiger partial charge in [0.1, 0.15) is 10.8 Å². The predicted molar refractivity (Wildman–Crippen MR) is 102 cm³/mol. The van der Waals surface area contributed by atoms with Crippen LogP contribution in [0.15, 0.2) is 58.4 Å². The van der Waals surface area contributed by atoms with Crippen molar-refractivity contribution in [3.8, 4) is 27.7 Å². The van der Waals surface area contributed by atoms with Gasteiger partial charge in [0, 0.05) is 28.5 Å². The van der Waals surface area contributed by atoms with Gasteiger partial charge in [-0.3, -0.25) is 0 Å². The van der Waals surface area contributed by atoms with Crippen molar-refractivity contribution in [3.05, 3.63) is 70.5 Å². The number of carbonyl (C=O) groups excluding carboxylic acids is 1. The lowest BCUT2D eigenvalue weighted by Gasteiger charge is -2.03. The van der Waals surface area contributed by atoms with Gasteiger partial charge in [0.2, 0.25) is 11.7 Å². The molecule has 0 amide bonds. The van der Waals surface area contributed by atoms with Gasteiger partial charge in [0.15, 0.2) is 5.69 Å². The molecule has 0 spiro atoms. The normalized spacial score (nSPS) is 10.7. The molecule has 0 N–H and O–H groups in total. The van der Waals surface area contributed by atoms with Crippen LogP contribution in [-0.4, -0.2) is 21.1 Å². The summed E-state index contributed by atoms with van der Waals surface area (Å²) in [7, 11) is 0. The predicted octanol–water partition coefficient (Wildman–Crippen LogP) is 5.04. The Bertz CT molecular complexity index is 1110. The molecule has 8 heteroatoms. The summed E-state index contributed by atoms with van der Waals surface area (Å²) >= 11 is 7.35. The number of hydrogen-bond donors (Lipinski definition) is 0. The van der Waals surface area contributed by atoms with Crippen molar-refractivity contribution in [2.45, 2.75) is 6.92 Å². The molecule has 0 unspecified atom stereocenters. The van der Waals surface area contributed by atoms with Crippen molar-refractivity contribution in [1.29, 1.82) is 0 Å². The molecule has 0 aliphatic carbocycles. The maximum Gasteiger partial charge on any atom is 0.363 e. The van der Waals surface area contributed by atoms with Crippen molar-refractivity contribution in [2.24, 2.45) is 0 Å². The molecule has 2 aromatic heterocycles. The SMILES string of the molecule is Cc1nc(-c2ccc(OC(=O)c3csc(-c4cccc(Cl)c4)n3)cc2)no1. The standard InChI is InChI=1S/C19H12ClN3O3S/c1-11-21-17(23-26-11)12-5-7-15(8-6-12)25-19(24)16-10-27-18(22-16)13-3-2-4-14(20)9-13/h2-10H,1H3. The summed E-state index contributed by atoms with van der Waals surface area (Å²) in [5.74, 6) is 0.847. The highest BCUT2D eigenvalue weighted by Gasteiger charge is 2.15. The van der Waals surface area contributed by atoms with Crippen LogP contribution in [0.5, 0.6) is 5.75 Å². The third kappa shape index (κ3) is 3.89. The molecule has 4 rings (SSSR count). The number of benzene rings is 2. The molecule has 0 saturated carbocycles. The largest absolute Gasteiger partial charge is 0.422 e. The molecule has 2 aromatic carbocycles. The van der Waals surface area contributed by atoms with E-state index in [0.29, 0.717) is 27.5 Å². The first-order valence-electron chi connectivity index (χ1n) is 7.93. The molecular formula is C19H12ClN3O3S. The minimum atomic E-state index is -0.525. The molecule has 0 saturated heterocycles. The third-order valence-corrected chi connectivity index (χ3v) is 4.76. The highest BCUT2D eigenvalue weighted by molar-refractivity contribution is 7.13. The van der Waals surface area contributed by atoms with Gasteiger partial charge in [-0.2, -0.15) is 4.98 Å². The van der Waals surface area contributed by atoms with E-state index in [1.54, 1.807) is 48.7 Å². The van der Waals surface area contributed by atoms with Crippen molar-refractivity contribution in [2.75, 3.05) is 0 Å². The maximum atomic E-state index is 12.3. The van der Waals surface area contributed by atoms with Gasteiger partial charge in [-0.1, -0.05) is 28.9 Å². The number of aromatic nitrogens is 3. The fourth-order valence-corrected chi connectivity index (χ4v) is 3.35. The minimum absolute atomic E-state index is 0.243. The first-order valence-corrected chi connectivity index (χ1v) is 9.18. The molecule has 4 aromatic rings. The number of nitrogens with zero attached hydrogens (tertiary/aromatic N) is 3. The second-order valence-corrected chi connectivity index (χ2v) is 6.89. The fourth-order valence-electron chi connectivity index (χ4n) is 2.37. The van der Waals surface area contributed by atoms with E-state index >= 15 is 0 Å². The average molecular weight is 398 g/mol. The monoisotopic (exact) mass is 397 g/mol. The fraction of sp³-hybridized carbons (Fsp3) is 0.0526. The van der Waals surface area contributed by atoms with Gasteiger partial charge in [0.25, 0.3) is 0 Å². The Kier molecular flexibility index (Phi) is 4.70. The van der Waals surface area contributed by atoms with E-state index < -0.39 is 5.97 Å². The topological polar surface area (TPSA) is 78.1 Å². The number of halogens is 1. The quantitative estimate of drug-likeness (QED) is 0.354. The number of rotatable bonds is 4. The van der Waals surface area contributed by atoms with E-state index in [9.17, 15) is 4.79 Å². The zero-order valence-corrected chi connectivity index (χ0v) is 15.6. The third-order valence-electron chi connectivity index (χ3n) is 3.64. The van der Waals surface area contributed by atoms with Crippen LogP contribution in [0.4, 0.5) is 0 Å². The van der Waals surface area contributed by atoms with Gasteiger partial charge < -0.3 is 9.26 Å². The maximum absolute atomic E-state index is 12.3. The molecule has 2 heterocycles. The highest BCUT2D eigenvalue weighted by Crippen LogP contribution is 2.27. The molecular weight excluding hydrogens is 386 g/mol. The second kappa shape index (κ2) is 7.30. The second-order valence-electron chi connectivity index (χ2n) is 5.60. The van der Waals surface area contributed by atoms with E-state index in [2.05, 4.69) is 15.1 Å². The van der Waals surface area contributed by atoms with Crippen LogP contribution in [0.1, 0.15) is 16.4 Å². The zero-order chi connectivity index (χ0) is 18.8. The van der Waals surface area contributed by atoms with Gasteiger partial charge in [-0.15, -0.1) is 11.3 Å². The lowest BCUT2D eigenvalue weighted by atomic mass is 10.2. The zero-order valence-electron chi connectivity index (χ0n) is 14.0. The number of thiazole rings is 1. The Hall–Kier alpha value is -3.03. The summed E-state index contributed by atoms with van der Waals surface area (Å²) in [5.41, 5.74) is 1.86. The Labute approximate surface area is 163 Å². The molecule has 0 atom stereocenters. The molecule has 0 fully saturated rings. The van der Waals surface area contributed by atoms with Gasteiger partial charge in [-0.25, -0.2) is 9.78 Å². The summed E-state index contributed by atoms with van der Waals surface area (Å²) in [6, 6.07) is 14.2. The highest BCUT2D eigenvalue weighted by atomic mass is 35.5. The van der Waals surface area contributed by atoms with Crippen molar-refractivity contribution in [3.63, 3.8) is 0 Å². The molecule has 6 nitrogen and oxygen atoms in total. The lowest BCUT2D eigenvalue weighted by molar-refractivity contribution is 0.0729. The van der Waals surface area contributed by atoms with E-state index in [1.165, 1.54) is 11.3 Å². The first kappa shape index (κ1) is 17.4. The van der Waals surface area contributed by atoms with Crippen LogP contribution in [0.3, 0.4) is 0 Å². The summed E-state index contributed by atoms with van der Waals surface area (Å²) in [6.45, 7) is 1.72. The number of aryl methyl sites for hydroxylation is 1. The number of hydrogen-bond acceptors (Lipinski definition) is 7. The number of carbonyl (C=O) groups is 1. The van der Waals surface area contributed by atoms with E-state index in [0.717, 1.165) is 11.1 Å². The molecule has 134 valence electrons. The van der Waals surface area contributed by atoms with E-state index in [-0.39, 0.29) is 5.69 Å². The summed E-state index contributed by atoms with van der Waals surface area (Å²) in [5, 5.41) is 6.83. The van der Waals surface area contributed by atoms with Crippen molar-refractivity contribution >= 4 is 28.9 Å². The molecule has 0 radical (unpaired) electrons. The van der Waals surface area contributed by atoms with Crippen molar-refractivity contribution in [1.82, 2.24) is 15.1 Å². The lowest BCUT2D eigenvalue weighted by Crippen LogP contribution is -2.08. The van der Waals surface area contributed by atoms with Crippen LogP contribution >= 0.6 is 22.9 Å². The number of ether oxygens (including phenoxy) is 1. The molecule has 0 bridgehead atoms. The Morgan fingerprint density at radius 1 is 1.11 bits per heavy atom. The molecule has 27 heavy (non-hydrogen) atoms. The van der Waals surface area contributed by atoms with E-state index in [4.69, 9.17) is 20.9 Å². The van der Waals surface area contributed by atoms with Crippen LogP contribution in [0.2, 0.25) is 5.02 Å². The molecule has 0 aliphatic heterocycles. The van der Waals surface area contributed by atoms with Crippen LogP contribution in [-0.2, 0) is 0 Å². The summed E-state index contributed by atoms with van der Waals surface area (Å²) < 4.78 is 10.3.